The number of nitrogens with one attached hydrogen (secondary N) is 1. The minimum Gasteiger partial charge on any atom is -0.379 e. The molecule has 4 rings (SSSR count). The summed E-state index contributed by atoms with van der Waals surface area (Å²) in [5.41, 5.74) is 2.31. The fraction of sp³-hybridized carbons (Fsp3) is 0.0800. The maximum Gasteiger partial charge on any atom is 0.339 e. The maximum absolute atomic E-state index is 13.0. The van der Waals surface area contributed by atoms with Crippen molar-refractivity contribution in [2.24, 2.45) is 0 Å². The van der Waals surface area contributed by atoms with Gasteiger partial charge >= 0.3 is 16.1 Å². The predicted molar refractivity (Wildman–Crippen MR) is 126 cm³/mol. The number of hydrogen-bond donors (Lipinski definition) is 1. The Morgan fingerprint density at radius 3 is 2.18 bits per heavy atom. The lowest BCUT2D eigenvalue weighted by Crippen LogP contribution is -2.54. The number of benzene rings is 3. The molecule has 8 nitrogen and oxygen atoms in total. The number of hydrogen-bond acceptors (Lipinski definition) is 6. The molecule has 0 aliphatic carbocycles. The first-order valence-corrected chi connectivity index (χ1v) is 11.6. The van der Waals surface area contributed by atoms with Gasteiger partial charge in [-0.2, -0.15) is 8.42 Å². The minimum absolute atomic E-state index is 0.0228. The lowest BCUT2D eigenvalue weighted by atomic mass is 10.1. The largest absolute Gasteiger partial charge is 0.379 e. The summed E-state index contributed by atoms with van der Waals surface area (Å²) in [6.07, 6.45) is 1.32. The van der Waals surface area contributed by atoms with Gasteiger partial charge in [-0.15, -0.1) is 0 Å². The van der Waals surface area contributed by atoms with Crippen LogP contribution in [0.5, 0.6) is 5.75 Å². The molecule has 1 N–H and O–H groups in total. The third-order valence-electron chi connectivity index (χ3n) is 5.07. The molecule has 4 amide bonds. The second-order valence-electron chi connectivity index (χ2n) is 7.72. The Balaban J connectivity index is 1.57. The Labute approximate surface area is 196 Å². The predicted octanol–water partition coefficient (Wildman–Crippen LogP) is 3.74. The summed E-state index contributed by atoms with van der Waals surface area (Å²) in [6, 6.07) is 18.0. The number of nitrogens with zero attached hydrogens (tertiary/aromatic N) is 1. The highest BCUT2D eigenvalue weighted by Crippen LogP contribution is 2.24. The van der Waals surface area contributed by atoms with Gasteiger partial charge in [-0.1, -0.05) is 42.0 Å². The highest BCUT2D eigenvalue weighted by molar-refractivity contribution is 7.87. The van der Waals surface area contributed by atoms with Gasteiger partial charge in [0, 0.05) is 0 Å². The van der Waals surface area contributed by atoms with Crippen molar-refractivity contribution in [3.8, 4) is 5.75 Å². The lowest BCUT2D eigenvalue weighted by Gasteiger charge is -2.26. The van der Waals surface area contributed by atoms with E-state index in [1.165, 1.54) is 42.5 Å². The van der Waals surface area contributed by atoms with Crippen molar-refractivity contribution >= 4 is 39.7 Å². The fourth-order valence-corrected chi connectivity index (χ4v) is 4.26. The highest BCUT2D eigenvalue weighted by atomic mass is 32.2. The van der Waals surface area contributed by atoms with E-state index < -0.39 is 28.0 Å². The molecule has 0 atom stereocenters. The second-order valence-corrected chi connectivity index (χ2v) is 9.26. The average molecular weight is 477 g/mol. The first-order valence-electron chi connectivity index (χ1n) is 10.2. The smallest absolute Gasteiger partial charge is 0.339 e. The van der Waals surface area contributed by atoms with E-state index in [1.807, 2.05) is 19.9 Å². The highest BCUT2D eigenvalue weighted by Gasteiger charge is 2.36. The van der Waals surface area contributed by atoms with Gasteiger partial charge in [0.05, 0.1) is 5.69 Å². The number of rotatable bonds is 5. The van der Waals surface area contributed by atoms with Gasteiger partial charge in [0.2, 0.25) is 0 Å². The molecule has 0 saturated carbocycles. The maximum atomic E-state index is 13.0. The third-order valence-corrected chi connectivity index (χ3v) is 6.33. The van der Waals surface area contributed by atoms with E-state index in [2.05, 4.69) is 5.32 Å². The van der Waals surface area contributed by atoms with Crippen LogP contribution in [0.2, 0.25) is 0 Å². The van der Waals surface area contributed by atoms with Crippen LogP contribution in [0, 0.1) is 13.8 Å². The van der Waals surface area contributed by atoms with Crippen molar-refractivity contribution in [2.45, 2.75) is 18.7 Å². The van der Waals surface area contributed by atoms with E-state index in [0.29, 0.717) is 11.3 Å². The number of urea groups is 1. The lowest BCUT2D eigenvalue weighted by molar-refractivity contribution is -0.122. The molecule has 34 heavy (non-hydrogen) atoms. The van der Waals surface area contributed by atoms with E-state index >= 15 is 0 Å². The molecular weight excluding hydrogens is 456 g/mol. The van der Waals surface area contributed by atoms with E-state index in [0.717, 1.165) is 16.0 Å². The van der Waals surface area contributed by atoms with Crippen molar-refractivity contribution in [3.05, 3.63) is 95.1 Å². The number of barbiturate groups is 1. The van der Waals surface area contributed by atoms with Gasteiger partial charge in [-0.25, -0.2) is 9.69 Å². The van der Waals surface area contributed by atoms with Crippen LogP contribution >= 0.6 is 0 Å². The average Bonchev–Trinajstić information content (AvgIpc) is 2.78. The molecule has 0 aromatic heterocycles. The number of anilines is 1. The van der Waals surface area contributed by atoms with E-state index in [1.54, 1.807) is 30.3 Å². The van der Waals surface area contributed by atoms with Crippen molar-refractivity contribution in [1.29, 1.82) is 0 Å². The Kier molecular flexibility index (Phi) is 6.04. The molecule has 1 saturated heterocycles. The van der Waals surface area contributed by atoms with E-state index in [4.69, 9.17) is 4.18 Å². The van der Waals surface area contributed by atoms with E-state index in [-0.39, 0.29) is 16.2 Å². The molecule has 0 unspecified atom stereocenters. The monoisotopic (exact) mass is 476 g/mol. The first kappa shape index (κ1) is 22.9. The molecule has 172 valence electrons. The van der Waals surface area contributed by atoms with Crippen LogP contribution in [-0.2, 0) is 19.7 Å². The van der Waals surface area contributed by atoms with E-state index in [9.17, 15) is 22.8 Å². The summed E-state index contributed by atoms with van der Waals surface area (Å²) in [5, 5.41) is 2.17. The molecule has 3 aromatic carbocycles. The van der Waals surface area contributed by atoms with Gasteiger partial charge in [0.25, 0.3) is 11.8 Å². The van der Waals surface area contributed by atoms with Crippen molar-refractivity contribution in [3.63, 3.8) is 0 Å². The van der Waals surface area contributed by atoms with Crippen molar-refractivity contribution < 1.29 is 27.0 Å². The standard InChI is InChI=1S/C25H20N2O6S/c1-16-6-12-21(13-7-16)34(31,32)33-20-10-8-18(9-11-20)15-22-23(28)26-25(30)27(24(22)29)19-5-3-4-17(2)14-19/h3-15H,1-2H3,(H,26,28,30)/b22-15+. The minimum atomic E-state index is -4.01. The fourth-order valence-electron chi connectivity index (χ4n) is 3.33. The van der Waals surface area contributed by atoms with Gasteiger partial charge in [0.1, 0.15) is 16.2 Å². The number of amides is 4. The molecular formula is C25H20N2O6S. The zero-order chi connectivity index (χ0) is 24.5. The van der Waals surface area contributed by atoms with Crippen LogP contribution in [0.4, 0.5) is 10.5 Å². The Morgan fingerprint density at radius 1 is 0.853 bits per heavy atom. The summed E-state index contributed by atoms with van der Waals surface area (Å²) in [4.78, 5) is 38.5. The summed E-state index contributed by atoms with van der Waals surface area (Å²) in [6.45, 7) is 3.66. The summed E-state index contributed by atoms with van der Waals surface area (Å²) >= 11 is 0. The Bertz CT molecular complexity index is 1420. The SMILES string of the molecule is Cc1ccc(S(=O)(=O)Oc2ccc(/C=C3\C(=O)NC(=O)N(c4cccc(C)c4)C3=O)cc2)cc1. The first-order chi connectivity index (χ1) is 16.1. The molecule has 3 aromatic rings. The topological polar surface area (TPSA) is 110 Å². The zero-order valence-electron chi connectivity index (χ0n) is 18.3. The van der Waals surface area contributed by atoms with Crippen LogP contribution in [0.3, 0.4) is 0 Å². The molecule has 1 aliphatic rings. The van der Waals surface area contributed by atoms with Gasteiger partial charge in [-0.3, -0.25) is 14.9 Å². The normalized spacial score (nSPS) is 15.4. The van der Waals surface area contributed by atoms with Gasteiger partial charge < -0.3 is 4.18 Å². The van der Waals surface area contributed by atoms with Crippen LogP contribution in [0.15, 0.2) is 83.3 Å². The molecule has 1 heterocycles. The molecule has 0 spiro atoms. The molecule has 1 aliphatic heterocycles. The molecule has 0 bridgehead atoms. The van der Waals surface area contributed by atoms with Crippen LogP contribution < -0.4 is 14.4 Å². The molecule has 9 heteroatoms. The third kappa shape index (κ3) is 4.74. The summed E-state index contributed by atoms with van der Waals surface area (Å²) < 4.78 is 30.1. The van der Waals surface area contributed by atoms with Crippen molar-refractivity contribution in [2.75, 3.05) is 4.90 Å². The summed E-state index contributed by atoms with van der Waals surface area (Å²) in [7, 11) is -4.01. The molecule has 0 radical (unpaired) electrons. The van der Waals surface area contributed by atoms with Crippen LogP contribution in [-0.4, -0.2) is 26.3 Å². The van der Waals surface area contributed by atoms with Crippen LogP contribution in [0.1, 0.15) is 16.7 Å². The number of carbonyl (C=O) groups is 3. The van der Waals surface area contributed by atoms with Gasteiger partial charge in [0.15, 0.2) is 0 Å². The number of aryl methyl sites for hydroxylation is 2. The van der Waals surface area contributed by atoms with Crippen molar-refractivity contribution in [1.82, 2.24) is 5.32 Å². The summed E-state index contributed by atoms with van der Waals surface area (Å²) in [5.74, 6) is -1.51. The Morgan fingerprint density at radius 2 is 1.53 bits per heavy atom. The molecule has 1 fully saturated rings. The number of imide groups is 2. The van der Waals surface area contributed by atoms with Crippen LogP contribution in [0.25, 0.3) is 6.08 Å². The van der Waals surface area contributed by atoms with Gasteiger partial charge in [-0.05, 0) is 67.4 Å². The zero-order valence-corrected chi connectivity index (χ0v) is 19.1. The Hall–Kier alpha value is -4.24. The second kappa shape index (κ2) is 8.95. The quantitative estimate of drug-likeness (QED) is 0.341. The number of carbonyl (C=O) groups excluding carboxylic acids is 3.